The summed E-state index contributed by atoms with van der Waals surface area (Å²) in [5.41, 5.74) is 6.49. The van der Waals surface area contributed by atoms with E-state index in [1.165, 1.54) is 24.3 Å². The lowest BCUT2D eigenvalue weighted by Crippen LogP contribution is -2.40. The average Bonchev–Trinajstić information content (AvgIpc) is 2.86. The lowest BCUT2D eigenvalue weighted by molar-refractivity contribution is -0.153. The van der Waals surface area contributed by atoms with Crippen molar-refractivity contribution in [2.75, 3.05) is 25.7 Å². The lowest BCUT2D eigenvalue weighted by atomic mass is 9.81. The van der Waals surface area contributed by atoms with Crippen molar-refractivity contribution in [3.63, 3.8) is 0 Å². The molecule has 11 heteroatoms. The number of nitriles is 1. The van der Waals surface area contributed by atoms with E-state index < -0.39 is 30.6 Å². The smallest absolute Gasteiger partial charge is 0.422 e. The van der Waals surface area contributed by atoms with Gasteiger partial charge in [0.05, 0.1) is 37.4 Å². The second kappa shape index (κ2) is 10.2. The monoisotopic (exact) mass is 487 g/mol. The van der Waals surface area contributed by atoms with Gasteiger partial charge in [-0.15, -0.1) is 0 Å². The Morgan fingerprint density at radius 3 is 2.14 bits per heavy atom. The van der Waals surface area contributed by atoms with E-state index in [2.05, 4.69) is 0 Å². The molecular weight excluding hydrogens is 467 g/mol. The van der Waals surface area contributed by atoms with Crippen molar-refractivity contribution in [2.24, 2.45) is 5.73 Å². The van der Waals surface area contributed by atoms with Gasteiger partial charge >= 0.3 is 18.1 Å². The standard InChI is InChI=1S/C24H20F3N3O5/c1-33-22(31)19-18(14-6-4-3-5-7-14)17(12-28)21(29)30(20(19)23(32)34-2)15-8-10-16(11-9-15)35-13-24(25,26)27/h3-11,18H,13,29H2,1-2H3. The molecule has 1 aliphatic rings. The fourth-order valence-electron chi connectivity index (χ4n) is 3.64. The minimum absolute atomic E-state index is 0.0401. The third-order valence-electron chi connectivity index (χ3n) is 5.11. The van der Waals surface area contributed by atoms with Crippen LogP contribution in [0.3, 0.4) is 0 Å². The number of halogens is 3. The summed E-state index contributed by atoms with van der Waals surface area (Å²) in [5.74, 6) is -3.13. The van der Waals surface area contributed by atoms with Crippen molar-refractivity contribution in [1.29, 1.82) is 5.26 Å². The molecule has 0 radical (unpaired) electrons. The van der Waals surface area contributed by atoms with Gasteiger partial charge in [-0.1, -0.05) is 30.3 Å². The molecular formula is C24H20F3N3O5. The third kappa shape index (κ3) is 5.22. The number of carbonyl (C=O) groups is 2. The molecule has 0 saturated carbocycles. The highest BCUT2D eigenvalue weighted by atomic mass is 19.4. The maximum atomic E-state index is 12.9. The molecule has 35 heavy (non-hydrogen) atoms. The maximum Gasteiger partial charge on any atom is 0.422 e. The second-order valence-corrected chi connectivity index (χ2v) is 7.23. The Balaban J connectivity index is 2.22. The van der Waals surface area contributed by atoms with Gasteiger partial charge in [-0.3, -0.25) is 4.90 Å². The summed E-state index contributed by atoms with van der Waals surface area (Å²) in [6.07, 6.45) is -4.52. The van der Waals surface area contributed by atoms with Crippen molar-refractivity contribution in [1.82, 2.24) is 0 Å². The van der Waals surface area contributed by atoms with Crippen LogP contribution in [0.1, 0.15) is 11.5 Å². The summed E-state index contributed by atoms with van der Waals surface area (Å²) in [6, 6.07) is 15.6. The van der Waals surface area contributed by atoms with E-state index in [0.717, 1.165) is 19.1 Å². The largest absolute Gasteiger partial charge is 0.484 e. The first-order valence-electron chi connectivity index (χ1n) is 10.1. The number of ether oxygens (including phenoxy) is 3. The SMILES string of the molecule is COC(=O)C1=C(C(=O)OC)N(c2ccc(OCC(F)(F)F)cc2)C(N)=C(C#N)C1c1ccccc1. The first kappa shape index (κ1) is 25.2. The van der Waals surface area contributed by atoms with Crippen LogP contribution in [0.25, 0.3) is 0 Å². The molecule has 182 valence electrons. The minimum Gasteiger partial charge on any atom is -0.484 e. The number of alkyl halides is 3. The van der Waals surface area contributed by atoms with Gasteiger partial charge in [0.2, 0.25) is 0 Å². The van der Waals surface area contributed by atoms with Crippen LogP contribution in [0.5, 0.6) is 5.75 Å². The minimum atomic E-state index is -4.52. The fraction of sp³-hybridized carbons (Fsp3) is 0.208. The van der Waals surface area contributed by atoms with Gasteiger partial charge in [0.1, 0.15) is 17.3 Å². The summed E-state index contributed by atoms with van der Waals surface area (Å²) in [5, 5.41) is 9.97. The Morgan fingerprint density at radius 1 is 1.03 bits per heavy atom. The van der Waals surface area contributed by atoms with Gasteiger partial charge in [-0.25, -0.2) is 9.59 Å². The van der Waals surface area contributed by atoms with Crippen LogP contribution in [0, 0.1) is 11.3 Å². The quantitative estimate of drug-likeness (QED) is 0.616. The second-order valence-electron chi connectivity index (χ2n) is 7.23. The summed E-state index contributed by atoms with van der Waals surface area (Å²) in [7, 11) is 2.23. The number of rotatable bonds is 6. The van der Waals surface area contributed by atoms with E-state index >= 15 is 0 Å². The predicted molar refractivity (Wildman–Crippen MR) is 118 cm³/mol. The van der Waals surface area contributed by atoms with Crippen LogP contribution in [0.4, 0.5) is 18.9 Å². The van der Waals surface area contributed by atoms with E-state index in [-0.39, 0.29) is 34.1 Å². The number of carbonyl (C=O) groups excluding carboxylic acids is 2. The predicted octanol–water partition coefficient (Wildman–Crippen LogP) is 3.53. The van der Waals surface area contributed by atoms with Crippen LogP contribution >= 0.6 is 0 Å². The molecule has 2 aromatic carbocycles. The summed E-state index contributed by atoms with van der Waals surface area (Å²) in [4.78, 5) is 27.0. The zero-order valence-electron chi connectivity index (χ0n) is 18.6. The van der Waals surface area contributed by atoms with Crippen LogP contribution in [0.2, 0.25) is 0 Å². The van der Waals surface area contributed by atoms with Crippen LogP contribution < -0.4 is 15.4 Å². The van der Waals surface area contributed by atoms with Gasteiger partial charge in [0, 0.05) is 5.69 Å². The fourth-order valence-corrected chi connectivity index (χ4v) is 3.64. The highest BCUT2D eigenvalue weighted by Gasteiger charge is 2.43. The van der Waals surface area contributed by atoms with Gasteiger partial charge in [-0.2, -0.15) is 18.4 Å². The van der Waals surface area contributed by atoms with Gasteiger partial charge < -0.3 is 19.9 Å². The molecule has 8 nitrogen and oxygen atoms in total. The number of benzene rings is 2. The topological polar surface area (TPSA) is 115 Å². The third-order valence-corrected chi connectivity index (χ3v) is 5.11. The molecule has 0 spiro atoms. The Kier molecular flexibility index (Phi) is 7.34. The van der Waals surface area contributed by atoms with Gasteiger partial charge in [0.15, 0.2) is 6.61 Å². The van der Waals surface area contributed by atoms with Crippen molar-refractivity contribution in [3.05, 3.63) is 82.8 Å². The zero-order valence-corrected chi connectivity index (χ0v) is 18.6. The highest BCUT2D eigenvalue weighted by molar-refractivity contribution is 6.06. The number of anilines is 1. The van der Waals surface area contributed by atoms with Crippen molar-refractivity contribution < 1.29 is 37.0 Å². The van der Waals surface area contributed by atoms with Crippen LogP contribution in [0.15, 0.2) is 77.3 Å². The highest BCUT2D eigenvalue weighted by Crippen LogP contribution is 2.43. The number of hydrogen-bond acceptors (Lipinski definition) is 8. The number of allylic oxidation sites excluding steroid dienone is 1. The molecule has 0 fully saturated rings. The number of methoxy groups -OCH3 is 2. The van der Waals surface area contributed by atoms with E-state index in [4.69, 9.17) is 19.9 Å². The van der Waals surface area contributed by atoms with Crippen molar-refractivity contribution in [2.45, 2.75) is 12.1 Å². The molecule has 0 aromatic heterocycles. The van der Waals surface area contributed by atoms with Crippen LogP contribution in [-0.2, 0) is 19.1 Å². The van der Waals surface area contributed by atoms with Crippen LogP contribution in [-0.4, -0.2) is 38.9 Å². The number of hydrogen-bond donors (Lipinski definition) is 1. The summed E-state index contributed by atoms with van der Waals surface area (Å²) in [6.45, 7) is -1.49. The normalized spacial score (nSPS) is 16.0. The van der Waals surface area contributed by atoms with Gasteiger partial charge in [0.25, 0.3) is 0 Å². The molecule has 1 atom stereocenters. The first-order valence-corrected chi connectivity index (χ1v) is 10.1. The molecule has 2 aromatic rings. The Hall–Kier alpha value is -4.46. The van der Waals surface area contributed by atoms with Gasteiger partial charge in [-0.05, 0) is 29.8 Å². The molecule has 1 unspecified atom stereocenters. The molecule has 3 rings (SSSR count). The van der Waals surface area contributed by atoms with E-state index in [1.807, 2.05) is 6.07 Å². The molecule has 2 N–H and O–H groups in total. The Labute approximate surface area is 198 Å². The van der Waals surface area contributed by atoms with Crippen molar-refractivity contribution in [3.8, 4) is 11.8 Å². The lowest BCUT2D eigenvalue weighted by Gasteiger charge is -2.35. The Morgan fingerprint density at radius 2 is 1.63 bits per heavy atom. The number of nitrogens with zero attached hydrogens (tertiary/aromatic N) is 2. The van der Waals surface area contributed by atoms with E-state index in [9.17, 15) is 28.0 Å². The number of nitrogens with two attached hydrogens (primary N) is 1. The van der Waals surface area contributed by atoms with E-state index in [0.29, 0.717) is 5.56 Å². The summed E-state index contributed by atoms with van der Waals surface area (Å²) < 4.78 is 51.9. The first-order chi connectivity index (χ1) is 16.6. The van der Waals surface area contributed by atoms with E-state index in [1.54, 1.807) is 30.3 Å². The maximum absolute atomic E-state index is 12.9. The molecule has 0 bridgehead atoms. The average molecular weight is 487 g/mol. The summed E-state index contributed by atoms with van der Waals surface area (Å²) >= 11 is 0. The molecule has 0 saturated heterocycles. The molecule has 1 aliphatic heterocycles. The zero-order chi connectivity index (χ0) is 25.8. The molecule has 0 amide bonds. The van der Waals surface area contributed by atoms with Crippen molar-refractivity contribution >= 4 is 17.6 Å². The number of esters is 2. The molecule has 0 aliphatic carbocycles. The Bertz CT molecular complexity index is 1220. The molecule has 1 heterocycles.